The summed E-state index contributed by atoms with van der Waals surface area (Å²) in [6, 6.07) is 4.56. The Morgan fingerprint density at radius 2 is 2.10 bits per heavy atom. The number of aliphatic hydroxyl groups is 1. The molecule has 1 unspecified atom stereocenters. The molecule has 0 aliphatic heterocycles. The highest BCUT2D eigenvalue weighted by molar-refractivity contribution is 9.10. The van der Waals surface area contributed by atoms with Crippen molar-refractivity contribution in [1.29, 1.82) is 0 Å². The van der Waals surface area contributed by atoms with E-state index in [1.165, 1.54) is 6.07 Å². The lowest BCUT2D eigenvalue weighted by atomic mass is 10.0. The molecule has 0 fully saturated rings. The van der Waals surface area contributed by atoms with Gasteiger partial charge in [0, 0.05) is 23.5 Å². The highest BCUT2D eigenvalue weighted by atomic mass is 79.9. The summed E-state index contributed by atoms with van der Waals surface area (Å²) in [5, 5.41) is 14.7. The topological polar surface area (TPSA) is 38.0 Å². The molecule has 0 amide bonds. The summed E-state index contributed by atoms with van der Waals surface area (Å²) in [6.07, 6.45) is 0.191. The van der Waals surface area contributed by atoms with Crippen LogP contribution in [0.15, 0.2) is 27.1 Å². The SMILES string of the molecule is CCc1nn(C)c(CC(O)c2cc(Br)ccc2F)c1Br. The van der Waals surface area contributed by atoms with Gasteiger partial charge in [-0.1, -0.05) is 22.9 Å². The molecule has 6 heteroatoms. The molecule has 3 nitrogen and oxygen atoms in total. The highest BCUT2D eigenvalue weighted by Crippen LogP contribution is 2.29. The average Bonchev–Trinajstić information content (AvgIpc) is 2.68. The maximum Gasteiger partial charge on any atom is 0.129 e. The fourth-order valence-corrected chi connectivity index (χ4v) is 3.26. The van der Waals surface area contributed by atoms with E-state index in [4.69, 9.17) is 0 Å². The lowest BCUT2D eigenvalue weighted by molar-refractivity contribution is 0.171. The molecule has 1 atom stereocenters. The number of rotatable bonds is 4. The third kappa shape index (κ3) is 3.13. The largest absolute Gasteiger partial charge is 0.388 e. The number of aliphatic hydroxyl groups excluding tert-OH is 1. The van der Waals surface area contributed by atoms with Crippen LogP contribution in [-0.2, 0) is 19.9 Å². The third-order valence-electron chi connectivity index (χ3n) is 3.21. The van der Waals surface area contributed by atoms with Crippen molar-refractivity contribution in [2.75, 3.05) is 0 Å². The minimum Gasteiger partial charge on any atom is -0.388 e. The van der Waals surface area contributed by atoms with Gasteiger partial charge in [0.25, 0.3) is 0 Å². The maximum absolute atomic E-state index is 13.8. The molecule has 108 valence electrons. The van der Waals surface area contributed by atoms with Crippen molar-refractivity contribution in [2.24, 2.45) is 7.05 Å². The first-order chi connectivity index (χ1) is 9.43. The second-order valence-electron chi connectivity index (χ2n) is 4.57. The molecule has 0 spiro atoms. The van der Waals surface area contributed by atoms with Crippen LogP contribution in [0.3, 0.4) is 0 Å². The van der Waals surface area contributed by atoms with Crippen LogP contribution in [-0.4, -0.2) is 14.9 Å². The zero-order valence-corrected chi connectivity index (χ0v) is 14.4. The molecule has 2 rings (SSSR count). The number of hydrogen-bond acceptors (Lipinski definition) is 2. The van der Waals surface area contributed by atoms with E-state index in [0.717, 1.165) is 26.8 Å². The molecular formula is C14H15Br2FN2O. The first kappa shape index (κ1) is 15.7. The van der Waals surface area contributed by atoms with Crippen LogP contribution in [0.2, 0.25) is 0 Å². The van der Waals surface area contributed by atoms with E-state index in [9.17, 15) is 9.50 Å². The molecule has 20 heavy (non-hydrogen) atoms. The van der Waals surface area contributed by atoms with Crippen molar-refractivity contribution in [3.8, 4) is 0 Å². The first-order valence-corrected chi connectivity index (χ1v) is 7.85. The number of nitrogens with zero attached hydrogens (tertiary/aromatic N) is 2. The Morgan fingerprint density at radius 1 is 1.40 bits per heavy atom. The van der Waals surface area contributed by atoms with Crippen LogP contribution in [0.5, 0.6) is 0 Å². The van der Waals surface area contributed by atoms with Crippen LogP contribution < -0.4 is 0 Å². The third-order valence-corrected chi connectivity index (χ3v) is 4.62. The molecule has 1 heterocycles. The molecule has 0 saturated heterocycles. The van der Waals surface area contributed by atoms with Crippen molar-refractivity contribution in [1.82, 2.24) is 9.78 Å². The molecule has 1 N–H and O–H groups in total. The predicted octanol–water partition coefficient (Wildman–Crippen LogP) is 3.92. The zero-order valence-electron chi connectivity index (χ0n) is 11.2. The summed E-state index contributed by atoms with van der Waals surface area (Å²) >= 11 is 6.79. The quantitative estimate of drug-likeness (QED) is 0.836. The summed E-state index contributed by atoms with van der Waals surface area (Å²) in [6.45, 7) is 2.02. The van der Waals surface area contributed by atoms with Crippen LogP contribution in [0.4, 0.5) is 4.39 Å². The fraction of sp³-hybridized carbons (Fsp3) is 0.357. The van der Waals surface area contributed by atoms with E-state index in [0.29, 0.717) is 6.42 Å². The highest BCUT2D eigenvalue weighted by Gasteiger charge is 2.19. The summed E-state index contributed by atoms with van der Waals surface area (Å²) < 4.78 is 17.1. The average molecular weight is 406 g/mol. The molecule has 0 aliphatic rings. The molecule has 1 aromatic carbocycles. The number of halogens is 3. The van der Waals surface area contributed by atoms with Gasteiger partial charge in [-0.3, -0.25) is 4.68 Å². The van der Waals surface area contributed by atoms with Gasteiger partial charge in [0.2, 0.25) is 0 Å². The second kappa shape index (κ2) is 6.37. The van der Waals surface area contributed by atoms with Gasteiger partial charge >= 0.3 is 0 Å². The number of hydrogen-bond donors (Lipinski definition) is 1. The van der Waals surface area contributed by atoms with Gasteiger partial charge < -0.3 is 5.11 Å². The van der Waals surface area contributed by atoms with E-state index in [1.807, 2.05) is 14.0 Å². The second-order valence-corrected chi connectivity index (χ2v) is 6.28. The molecule has 2 aromatic rings. The van der Waals surface area contributed by atoms with Crippen molar-refractivity contribution in [3.05, 3.63) is 49.9 Å². The van der Waals surface area contributed by atoms with E-state index in [2.05, 4.69) is 37.0 Å². The van der Waals surface area contributed by atoms with Gasteiger partial charge in [-0.15, -0.1) is 0 Å². The first-order valence-electron chi connectivity index (χ1n) is 6.27. The summed E-state index contributed by atoms with van der Waals surface area (Å²) in [5.41, 5.74) is 2.07. The smallest absolute Gasteiger partial charge is 0.129 e. The minimum atomic E-state index is -0.913. The van der Waals surface area contributed by atoms with Crippen molar-refractivity contribution in [3.63, 3.8) is 0 Å². The Labute approximate surface area is 134 Å². The lowest BCUT2D eigenvalue weighted by Gasteiger charge is -2.13. The maximum atomic E-state index is 13.8. The Morgan fingerprint density at radius 3 is 2.70 bits per heavy atom. The van der Waals surface area contributed by atoms with Gasteiger partial charge in [-0.05, 0) is 40.5 Å². The Hall–Kier alpha value is -0.720. The Balaban J connectivity index is 2.30. The Bertz CT molecular complexity index is 628. The predicted molar refractivity (Wildman–Crippen MR) is 83.0 cm³/mol. The van der Waals surface area contributed by atoms with Crippen molar-refractivity contribution in [2.45, 2.75) is 25.9 Å². The summed E-state index contributed by atoms with van der Waals surface area (Å²) in [5.74, 6) is -0.408. The molecule has 0 bridgehead atoms. The van der Waals surface area contributed by atoms with Crippen LogP contribution in [0, 0.1) is 5.82 Å². The van der Waals surface area contributed by atoms with Crippen molar-refractivity contribution >= 4 is 31.9 Å². The van der Waals surface area contributed by atoms with E-state index >= 15 is 0 Å². The normalized spacial score (nSPS) is 12.7. The van der Waals surface area contributed by atoms with Crippen LogP contribution in [0.1, 0.15) is 30.0 Å². The van der Waals surface area contributed by atoms with Crippen molar-refractivity contribution < 1.29 is 9.50 Å². The molecule has 0 radical (unpaired) electrons. The van der Waals surface area contributed by atoms with Gasteiger partial charge in [0.15, 0.2) is 0 Å². The number of aryl methyl sites for hydroxylation is 2. The molecule has 0 aliphatic carbocycles. The number of aromatic nitrogens is 2. The van der Waals surface area contributed by atoms with Gasteiger partial charge in [0.1, 0.15) is 5.82 Å². The summed E-state index contributed by atoms with van der Waals surface area (Å²) in [7, 11) is 1.82. The van der Waals surface area contributed by atoms with E-state index < -0.39 is 11.9 Å². The monoisotopic (exact) mass is 404 g/mol. The molecule has 1 aromatic heterocycles. The van der Waals surface area contributed by atoms with Gasteiger partial charge in [0.05, 0.1) is 22.0 Å². The van der Waals surface area contributed by atoms with E-state index in [1.54, 1.807) is 16.8 Å². The van der Waals surface area contributed by atoms with Gasteiger partial charge in [-0.25, -0.2) is 4.39 Å². The standard InChI is InChI=1S/C14H15Br2FN2O/c1-3-11-14(16)12(19(2)18-11)7-13(20)9-6-8(15)4-5-10(9)17/h4-6,13,20H,3,7H2,1-2H3. The molecule has 0 saturated carbocycles. The molecular weight excluding hydrogens is 391 g/mol. The minimum absolute atomic E-state index is 0.283. The van der Waals surface area contributed by atoms with Crippen LogP contribution >= 0.6 is 31.9 Å². The number of benzene rings is 1. The fourth-order valence-electron chi connectivity index (χ4n) is 2.10. The van der Waals surface area contributed by atoms with E-state index in [-0.39, 0.29) is 5.56 Å². The Kier molecular flexibility index (Phi) is 4.99. The van der Waals surface area contributed by atoms with Crippen LogP contribution in [0.25, 0.3) is 0 Å². The lowest BCUT2D eigenvalue weighted by Crippen LogP contribution is -2.08. The van der Waals surface area contributed by atoms with Gasteiger partial charge in [-0.2, -0.15) is 5.10 Å². The summed E-state index contributed by atoms with van der Waals surface area (Å²) in [4.78, 5) is 0. The zero-order chi connectivity index (χ0) is 14.9.